The van der Waals surface area contributed by atoms with Gasteiger partial charge in [0.25, 0.3) is 0 Å². The van der Waals surface area contributed by atoms with E-state index in [1.54, 1.807) is 0 Å². The standard InChI is InChI=1S/C19H16INO/c1-14-7-12-18(16-8-10-17(20)11-9-16)19(21-14)22-13-15-5-3-2-4-6-15/h2-12H,13H2,1H3. The van der Waals surface area contributed by atoms with Crippen LogP contribution in [0.1, 0.15) is 11.3 Å². The maximum absolute atomic E-state index is 5.98. The summed E-state index contributed by atoms with van der Waals surface area (Å²) in [6, 6.07) is 22.6. The molecule has 0 bridgehead atoms. The van der Waals surface area contributed by atoms with Crippen LogP contribution in [0, 0.1) is 10.5 Å². The monoisotopic (exact) mass is 401 g/mol. The van der Waals surface area contributed by atoms with Crippen molar-refractivity contribution in [3.63, 3.8) is 0 Å². The second kappa shape index (κ2) is 6.92. The molecule has 0 atom stereocenters. The Morgan fingerprint density at radius 3 is 2.36 bits per heavy atom. The number of aromatic nitrogens is 1. The van der Waals surface area contributed by atoms with Crippen LogP contribution in [0.2, 0.25) is 0 Å². The minimum Gasteiger partial charge on any atom is -0.472 e. The van der Waals surface area contributed by atoms with Crippen molar-refractivity contribution < 1.29 is 4.74 Å². The fourth-order valence-corrected chi connectivity index (χ4v) is 2.58. The van der Waals surface area contributed by atoms with E-state index in [9.17, 15) is 0 Å². The van der Waals surface area contributed by atoms with E-state index < -0.39 is 0 Å². The van der Waals surface area contributed by atoms with Crippen molar-refractivity contribution >= 4 is 22.6 Å². The molecule has 110 valence electrons. The quantitative estimate of drug-likeness (QED) is 0.558. The molecular weight excluding hydrogens is 385 g/mol. The van der Waals surface area contributed by atoms with E-state index >= 15 is 0 Å². The van der Waals surface area contributed by atoms with Crippen molar-refractivity contribution in [2.45, 2.75) is 13.5 Å². The first-order valence-electron chi connectivity index (χ1n) is 7.13. The van der Waals surface area contributed by atoms with Crippen LogP contribution < -0.4 is 4.74 Å². The number of hydrogen-bond acceptors (Lipinski definition) is 2. The van der Waals surface area contributed by atoms with Crippen LogP contribution in [0.25, 0.3) is 11.1 Å². The predicted octanol–water partition coefficient (Wildman–Crippen LogP) is 5.24. The fourth-order valence-electron chi connectivity index (χ4n) is 2.22. The van der Waals surface area contributed by atoms with E-state index in [1.165, 1.54) is 3.57 Å². The molecule has 0 saturated carbocycles. The van der Waals surface area contributed by atoms with Crippen LogP contribution in [0.5, 0.6) is 5.88 Å². The third-order valence-electron chi connectivity index (χ3n) is 3.37. The molecule has 0 spiro atoms. The highest BCUT2D eigenvalue weighted by Gasteiger charge is 2.09. The van der Waals surface area contributed by atoms with Crippen molar-refractivity contribution in [1.82, 2.24) is 4.98 Å². The zero-order valence-corrected chi connectivity index (χ0v) is 14.4. The molecule has 1 heterocycles. The molecule has 0 radical (unpaired) electrons. The van der Waals surface area contributed by atoms with Crippen LogP contribution in [0.3, 0.4) is 0 Å². The number of nitrogens with zero attached hydrogens (tertiary/aromatic N) is 1. The maximum Gasteiger partial charge on any atom is 0.221 e. The molecule has 0 unspecified atom stereocenters. The van der Waals surface area contributed by atoms with Crippen molar-refractivity contribution in [2.75, 3.05) is 0 Å². The van der Waals surface area contributed by atoms with E-state index in [1.807, 2.05) is 31.2 Å². The summed E-state index contributed by atoms with van der Waals surface area (Å²) in [5.41, 5.74) is 4.24. The lowest BCUT2D eigenvalue weighted by atomic mass is 10.1. The molecule has 2 aromatic carbocycles. The van der Waals surface area contributed by atoms with Gasteiger partial charge in [0.15, 0.2) is 0 Å². The number of benzene rings is 2. The Balaban J connectivity index is 1.89. The van der Waals surface area contributed by atoms with E-state index in [0.717, 1.165) is 22.4 Å². The Kier molecular flexibility index (Phi) is 4.73. The van der Waals surface area contributed by atoms with E-state index in [2.05, 4.69) is 70.0 Å². The summed E-state index contributed by atoms with van der Waals surface area (Å²) in [6.07, 6.45) is 0. The lowest BCUT2D eigenvalue weighted by Crippen LogP contribution is -2.00. The molecule has 0 fully saturated rings. The first-order chi connectivity index (χ1) is 10.7. The molecule has 0 amide bonds. The van der Waals surface area contributed by atoms with Gasteiger partial charge in [0, 0.05) is 14.8 Å². The van der Waals surface area contributed by atoms with Crippen molar-refractivity contribution in [3.05, 3.63) is 81.6 Å². The van der Waals surface area contributed by atoms with Crippen molar-refractivity contribution in [1.29, 1.82) is 0 Å². The third-order valence-corrected chi connectivity index (χ3v) is 4.09. The summed E-state index contributed by atoms with van der Waals surface area (Å²) in [5.74, 6) is 0.685. The molecule has 3 aromatic rings. The van der Waals surface area contributed by atoms with Gasteiger partial charge in [0.1, 0.15) is 6.61 Å². The largest absolute Gasteiger partial charge is 0.472 e. The average Bonchev–Trinajstić information content (AvgIpc) is 2.55. The number of rotatable bonds is 4. The van der Waals surface area contributed by atoms with Gasteiger partial charge in [-0.3, -0.25) is 0 Å². The molecular formula is C19H16INO. The topological polar surface area (TPSA) is 22.1 Å². The highest BCUT2D eigenvalue weighted by molar-refractivity contribution is 14.1. The summed E-state index contributed by atoms with van der Waals surface area (Å²) in [4.78, 5) is 4.56. The molecule has 0 aliphatic rings. The van der Waals surface area contributed by atoms with Crippen LogP contribution >= 0.6 is 22.6 Å². The Hall–Kier alpha value is -1.88. The highest BCUT2D eigenvalue weighted by atomic mass is 127. The van der Waals surface area contributed by atoms with E-state index in [4.69, 9.17) is 4.74 Å². The third kappa shape index (κ3) is 3.65. The molecule has 0 aliphatic heterocycles. The number of ether oxygens (including phenoxy) is 1. The Labute approximate surface area is 144 Å². The average molecular weight is 401 g/mol. The molecule has 3 rings (SSSR count). The van der Waals surface area contributed by atoms with E-state index in [-0.39, 0.29) is 0 Å². The first kappa shape index (κ1) is 15.0. The normalized spacial score (nSPS) is 10.5. The Bertz CT molecular complexity index is 754. The Morgan fingerprint density at radius 1 is 0.909 bits per heavy atom. The fraction of sp³-hybridized carbons (Fsp3) is 0.105. The smallest absolute Gasteiger partial charge is 0.221 e. The van der Waals surface area contributed by atoms with Crippen LogP contribution in [0.15, 0.2) is 66.7 Å². The zero-order valence-electron chi connectivity index (χ0n) is 12.3. The van der Waals surface area contributed by atoms with Gasteiger partial charge in [-0.25, -0.2) is 4.98 Å². The molecule has 2 nitrogen and oxygen atoms in total. The highest BCUT2D eigenvalue weighted by Crippen LogP contribution is 2.29. The summed E-state index contributed by atoms with van der Waals surface area (Å²) in [6.45, 7) is 2.50. The van der Waals surface area contributed by atoms with Crippen LogP contribution in [-0.4, -0.2) is 4.98 Å². The summed E-state index contributed by atoms with van der Waals surface area (Å²) >= 11 is 2.31. The minimum atomic E-state index is 0.522. The second-order valence-electron chi connectivity index (χ2n) is 5.09. The number of aryl methyl sites for hydroxylation is 1. The van der Waals surface area contributed by atoms with Crippen molar-refractivity contribution in [2.24, 2.45) is 0 Å². The van der Waals surface area contributed by atoms with Crippen LogP contribution in [0.4, 0.5) is 0 Å². The summed E-state index contributed by atoms with van der Waals surface area (Å²) < 4.78 is 7.19. The van der Waals surface area contributed by atoms with Gasteiger partial charge in [-0.15, -0.1) is 0 Å². The molecule has 0 N–H and O–H groups in total. The van der Waals surface area contributed by atoms with Gasteiger partial charge in [-0.1, -0.05) is 42.5 Å². The zero-order chi connectivity index (χ0) is 15.4. The lowest BCUT2D eigenvalue weighted by Gasteiger charge is -2.12. The van der Waals surface area contributed by atoms with Crippen LogP contribution in [-0.2, 0) is 6.61 Å². The maximum atomic E-state index is 5.98. The summed E-state index contributed by atoms with van der Waals surface area (Å²) in [5, 5.41) is 0. The van der Waals surface area contributed by atoms with Gasteiger partial charge in [-0.05, 0) is 64.9 Å². The minimum absolute atomic E-state index is 0.522. The molecule has 3 heteroatoms. The van der Waals surface area contributed by atoms with Gasteiger partial charge in [-0.2, -0.15) is 0 Å². The van der Waals surface area contributed by atoms with Gasteiger partial charge < -0.3 is 4.74 Å². The van der Waals surface area contributed by atoms with Gasteiger partial charge in [0.2, 0.25) is 5.88 Å². The molecule has 1 aromatic heterocycles. The molecule has 22 heavy (non-hydrogen) atoms. The lowest BCUT2D eigenvalue weighted by molar-refractivity contribution is 0.295. The second-order valence-corrected chi connectivity index (χ2v) is 6.33. The summed E-state index contributed by atoms with van der Waals surface area (Å²) in [7, 11) is 0. The Morgan fingerprint density at radius 2 is 1.64 bits per heavy atom. The van der Waals surface area contributed by atoms with Crippen molar-refractivity contribution in [3.8, 4) is 17.0 Å². The van der Waals surface area contributed by atoms with Gasteiger partial charge >= 0.3 is 0 Å². The first-order valence-corrected chi connectivity index (χ1v) is 8.20. The number of hydrogen-bond donors (Lipinski definition) is 0. The molecule has 0 aliphatic carbocycles. The van der Waals surface area contributed by atoms with E-state index in [0.29, 0.717) is 12.5 Å². The van der Waals surface area contributed by atoms with Gasteiger partial charge in [0.05, 0.1) is 0 Å². The molecule has 0 saturated heterocycles. The number of pyridine rings is 1. The number of halogens is 1. The predicted molar refractivity (Wildman–Crippen MR) is 97.9 cm³/mol. The SMILES string of the molecule is Cc1ccc(-c2ccc(I)cc2)c(OCc2ccccc2)n1.